The number of pyridine rings is 1. The Morgan fingerprint density at radius 2 is 1.86 bits per heavy atom. The van der Waals surface area contributed by atoms with Gasteiger partial charge in [0.05, 0.1) is 6.20 Å². The minimum Gasteiger partial charge on any atom is -0.488 e. The number of hydrogen-bond acceptors (Lipinski definition) is 2. The second-order valence-electron chi connectivity index (χ2n) is 6.34. The second-order valence-corrected chi connectivity index (χ2v) is 6.34. The average molecular weight is 321 g/mol. The minimum atomic E-state index is -4.52. The fourth-order valence-electron chi connectivity index (χ4n) is 3.23. The Bertz CT molecular complexity index is 590. The Hall–Kier alpha value is -1.40. The molecule has 3 rings (SSSR count). The van der Waals surface area contributed by atoms with Gasteiger partial charge in [0, 0.05) is 18.4 Å². The zero-order valence-corrected chi connectivity index (χ0v) is 12.2. The van der Waals surface area contributed by atoms with Gasteiger partial charge in [-0.25, -0.2) is 13.8 Å². The van der Waals surface area contributed by atoms with Crippen LogP contribution < -0.4 is 4.74 Å². The molecule has 2 atom stereocenters. The molecule has 2 aliphatic rings. The van der Waals surface area contributed by atoms with E-state index in [1.807, 2.05) is 6.92 Å². The number of fused-ring (bicyclic) bond motifs is 1. The van der Waals surface area contributed by atoms with Gasteiger partial charge in [0.15, 0.2) is 0 Å². The van der Waals surface area contributed by atoms with E-state index < -0.39 is 36.7 Å². The van der Waals surface area contributed by atoms with Crippen molar-refractivity contribution < 1.29 is 26.7 Å². The maximum atomic E-state index is 13.1. The van der Waals surface area contributed by atoms with Gasteiger partial charge < -0.3 is 4.74 Å². The molecule has 1 fully saturated rings. The first-order valence-electron chi connectivity index (χ1n) is 7.22. The van der Waals surface area contributed by atoms with E-state index in [-0.39, 0.29) is 23.1 Å². The molecule has 0 aliphatic heterocycles. The van der Waals surface area contributed by atoms with Gasteiger partial charge in [-0.15, -0.1) is 0 Å². The molecular formula is C15H16F5NO. The molecule has 1 saturated carbocycles. The van der Waals surface area contributed by atoms with E-state index in [4.69, 9.17) is 4.74 Å². The van der Waals surface area contributed by atoms with Gasteiger partial charge in [-0.2, -0.15) is 13.2 Å². The van der Waals surface area contributed by atoms with E-state index in [0.29, 0.717) is 12.0 Å². The van der Waals surface area contributed by atoms with Crippen LogP contribution in [-0.4, -0.2) is 17.0 Å². The first kappa shape index (κ1) is 15.5. The molecule has 0 amide bonds. The van der Waals surface area contributed by atoms with Crippen LogP contribution >= 0.6 is 0 Å². The molecule has 1 heterocycles. The number of alkyl halides is 5. The van der Waals surface area contributed by atoms with Gasteiger partial charge in [-0.1, -0.05) is 13.8 Å². The number of rotatable bonds is 2. The maximum Gasteiger partial charge on any atom is 0.433 e. The van der Waals surface area contributed by atoms with Crippen LogP contribution in [0.2, 0.25) is 0 Å². The summed E-state index contributed by atoms with van der Waals surface area (Å²) in [6.07, 6.45) is -4.49. The predicted octanol–water partition coefficient (Wildman–Crippen LogP) is 4.57. The number of nitrogens with zero attached hydrogens (tertiary/aromatic N) is 1. The smallest absolute Gasteiger partial charge is 0.433 e. The van der Waals surface area contributed by atoms with E-state index >= 15 is 0 Å². The lowest BCUT2D eigenvalue weighted by Gasteiger charge is -2.35. The summed E-state index contributed by atoms with van der Waals surface area (Å²) in [5.74, 6) is -2.76. The van der Waals surface area contributed by atoms with Crippen molar-refractivity contribution in [3.63, 3.8) is 0 Å². The van der Waals surface area contributed by atoms with Crippen molar-refractivity contribution in [2.24, 2.45) is 5.92 Å². The third kappa shape index (κ3) is 2.54. The van der Waals surface area contributed by atoms with Gasteiger partial charge in [-0.05, 0) is 23.8 Å². The van der Waals surface area contributed by atoms with Crippen LogP contribution in [0.4, 0.5) is 22.0 Å². The third-order valence-electron chi connectivity index (χ3n) is 4.64. The maximum absolute atomic E-state index is 13.1. The van der Waals surface area contributed by atoms with Gasteiger partial charge in [0.1, 0.15) is 17.5 Å². The number of aromatic nitrogens is 1. The van der Waals surface area contributed by atoms with Crippen molar-refractivity contribution in [2.75, 3.05) is 0 Å². The minimum absolute atomic E-state index is 0.0329. The van der Waals surface area contributed by atoms with E-state index in [2.05, 4.69) is 4.98 Å². The normalized spacial score (nSPS) is 27.4. The van der Waals surface area contributed by atoms with Crippen LogP contribution in [0, 0.1) is 5.92 Å². The number of hydrogen-bond donors (Lipinski definition) is 0. The summed E-state index contributed by atoms with van der Waals surface area (Å²) in [5, 5.41) is 0. The monoisotopic (exact) mass is 321 g/mol. The van der Waals surface area contributed by atoms with Crippen molar-refractivity contribution >= 4 is 0 Å². The summed E-state index contributed by atoms with van der Waals surface area (Å²) in [6.45, 7) is 3.60. The van der Waals surface area contributed by atoms with Gasteiger partial charge in [0.2, 0.25) is 0 Å². The van der Waals surface area contributed by atoms with Crippen LogP contribution in [0.3, 0.4) is 0 Å². The van der Waals surface area contributed by atoms with Gasteiger partial charge in [-0.3, -0.25) is 0 Å². The summed E-state index contributed by atoms with van der Waals surface area (Å²) < 4.78 is 70.6. The van der Waals surface area contributed by atoms with Gasteiger partial charge in [0.25, 0.3) is 5.92 Å². The van der Waals surface area contributed by atoms with E-state index in [1.54, 1.807) is 6.92 Å². The predicted molar refractivity (Wildman–Crippen MR) is 69.1 cm³/mol. The molecule has 2 unspecified atom stereocenters. The molecule has 2 nitrogen and oxygen atoms in total. The van der Waals surface area contributed by atoms with Crippen LogP contribution in [-0.2, 0) is 12.6 Å². The van der Waals surface area contributed by atoms with E-state index in [0.717, 1.165) is 6.20 Å². The molecule has 0 spiro atoms. The standard InChI is InChI=1S/C15H16F5NO/c1-7-3-10-11(22-9-4-14(16,17)5-9)6-21-13(15(18,19)20)12(10)8(7)2/h6-9H,3-5H2,1-2H3. The molecule has 1 aromatic rings. The number of ether oxygens (including phenoxy) is 1. The molecular weight excluding hydrogens is 305 g/mol. The second kappa shape index (κ2) is 4.80. The van der Waals surface area contributed by atoms with Crippen molar-refractivity contribution in [1.29, 1.82) is 0 Å². The molecule has 0 N–H and O–H groups in total. The zero-order chi connectivity index (χ0) is 16.3. The molecule has 2 aliphatic carbocycles. The Labute approximate surface area is 124 Å². The average Bonchev–Trinajstić information content (AvgIpc) is 2.63. The summed E-state index contributed by atoms with van der Waals surface area (Å²) in [5.41, 5.74) is -0.258. The van der Waals surface area contributed by atoms with Crippen molar-refractivity contribution in [3.05, 3.63) is 23.0 Å². The summed E-state index contributed by atoms with van der Waals surface area (Å²) in [4.78, 5) is 3.52. The Balaban J connectivity index is 1.94. The molecule has 0 radical (unpaired) electrons. The van der Waals surface area contributed by atoms with Crippen LogP contribution in [0.25, 0.3) is 0 Å². The van der Waals surface area contributed by atoms with Crippen molar-refractivity contribution in [2.45, 2.75) is 57.2 Å². The van der Waals surface area contributed by atoms with Crippen molar-refractivity contribution in [1.82, 2.24) is 4.98 Å². The largest absolute Gasteiger partial charge is 0.488 e. The highest BCUT2D eigenvalue weighted by molar-refractivity contribution is 5.48. The Morgan fingerprint density at radius 1 is 1.23 bits per heavy atom. The third-order valence-corrected chi connectivity index (χ3v) is 4.64. The summed E-state index contributed by atoms with van der Waals surface area (Å²) in [7, 11) is 0. The van der Waals surface area contributed by atoms with E-state index in [9.17, 15) is 22.0 Å². The molecule has 122 valence electrons. The quantitative estimate of drug-likeness (QED) is 0.744. The lowest BCUT2D eigenvalue weighted by atomic mass is 9.91. The number of halogens is 5. The highest BCUT2D eigenvalue weighted by Crippen LogP contribution is 2.48. The molecule has 0 aromatic carbocycles. The van der Waals surface area contributed by atoms with Crippen LogP contribution in [0.15, 0.2) is 6.20 Å². The van der Waals surface area contributed by atoms with Crippen molar-refractivity contribution in [3.8, 4) is 5.75 Å². The molecule has 22 heavy (non-hydrogen) atoms. The topological polar surface area (TPSA) is 22.1 Å². The fraction of sp³-hybridized carbons (Fsp3) is 0.667. The highest BCUT2D eigenvalue weighted by Gasteiger charge is 2.48. The highest BCUT2D eigenvalue weighted by atomic mass is 19.4. The lowest BCUT2D eigenvalue weighted by Crippen LogP contribution is -2.43. The molecule has 0 saturated heterocycles. The SMILES string of the molecule is CC1Cc2c(OC3CC(F)(F)C3)cnc(C(F)(F)F)c2C1C. The first-order valence-corrected chi connectivity index (χ1v) is 7.22. The molecule has 1 aromatic heterocycles. The summed E-state index contributed by atoms with van der Waals surface area (Å²) >= 11 is 0. The first-order chi connectivity index (χ1) is 10.1. The van der Waals surface area contributed by atoms with Crippen LogP contribution in [0.1, 0.15) is 49.4 Å². The Kier molecular flexibility index (Phi) is 3.38. The van der Waals surface area contributed by atoms with Gasteiger partial charge >= 0.3 is 6.18 Å². The Morgan fingerprint density at radius 3 is 2.41 bits per heavy atom. The lowest BCUT2D eigenvalue weighted by molar-refractivity contribution is -0.142. The molecule has 7 heteroatoms. The van der Waals surface area contributed by atoms with E-state index in [1.165, 1.54) is 0 Å². The molecule has 0 bridgehead atoms. The van der Waals surface area contributed by atoms with Crippen LogP contribution in [0.5, 0.6) is 5.75 Å². The fourth-order valence-corrected chi connectivity index (χ4v) is 3.23. The summed E-state index contributed by atoms with van der Waals surface area (Å²) in [6, 6.07) is 0. The zero-order valence-electron chi connectivity index (χ0n) is 12.2.